The molecular weight excluding hydrogens is 308 g/mol. The average molecular weight is 323 g/mol. The van der Waals surface area contributed by atoms with Crippen LogP contribution in [0.1, 0.15) is 23.7 Å². The van der Waals surface area contributed by atoms with Gasteiger partial charge < -0.3 is 10.2 Å². The molecule has 9 heteroatoms. The normalized spacial score (nSPS) is 11.9. The van der Waals surface area contributed by atoms with E-state index in [-0.39, 0.29) is 13.1 Å². The lowest BCUT2D eigenvalue weighted by Gasteiger charge is -2.21. The number of aliphatic hydroxyl groups is 1. The zero-order valence-electron chi connectivity index (χ0n) is 11.2. The van der Waals surface area contributed by atoms with Crippen molar-refractivity contribution in [3.8, 4) is 0 Å². The van der Waals surface area contributed by atoms with Crippen molar-refractivity contribution in [3.63, 3.8) is 0 Å². The number of nitrogens with zero attached hydrogens (tertiary/aromatic N) is 1. The summed E-state index contributed by atoms with van der Waals surface area (Å²) in [5.41, 5.74) is -0.673. The van der Waals surface area contributed by atoms with Crippen LogP contribution in [0.3, 0.4) is 0 Å². The Kier molecular flexibility index (Phi) is 5.76. The molecule has 0 aliphatic heterocycles. The summed E-state index contributed by atoms with van der Waals surface area (Å²) in [7, 11) is -4.44. The standard InChI is InChI=1S/C12H15F2NO5S/c1-2-3-15(4-5-16)21(19,20)10-7-8(12(17)18)6-9(13)11(10)14/h6-7,16H,2-5H2,1H3,(H,17,18). The van der Waals surface area contributed by atoms with E-state index in [1.54, 1.807) is 6.92 Å². The van der Waals surface area contributed by atoms with Gasteiger partial charge in [-0.25, -0.2) is 22.0 Å². The third-order valence-corrected chi connectivity index (χ3v) is 4.58. The number of benzene rings is 1. The molecule has 0 amide bonds. The van der Waals surface area contributed by atoms with Crippen LogP contribution in [0, 0.1) is 11.6 Å². The second-order valence-electron chi connectivity index (χ2n) is 4.20. The first-order valence-corrected chi connectivity index (χ1v) is 7.53. The molecule has 0 radical (unpaired) electrons. The highest BCUT2D eigenvalue weighted by Crippen LogP contribution is 2.23. The van der Waals surface area contributed by atoms with Crippen LogP contribution in [0.2, 0.25) is 0 Å². The lowest BCUT2D eigenvalue weighted by molar-refractivity contribution is 0.0696. The molecule has 0 unspecified atom stereocenters. The summed E-state index contributed by atoms with van der Waals surface area (Å²) in [6.07, 6.45) is 0.391. The molecule has 0 saturated heterocycles. The molecule has 0 fully saturated rings. The first kappa shape index (κ1) is 17.5. The Morgan fingerprint density at radius 1 is 1.29 bits per heavy atom. The van der Waals surface area contributed by atoms with Crippen molar-refractivity contribution in [2.24, 2.45) is 0 Å². The molecule has 0 aliphatic rings. The van der Waals surface area contributed by atoms with E-state index in [0.29, 0.717) is 18.6 Å². The monoisotopic (exact) mass is 323 g/mol. The van der Waals surface area contributed by atoms with E-state index in [2.05, 4.69) is 0 Å². The molecule has 2 N–H and O–H groups in total. The molecule has 0 atom stereocenters. The highest BCUT2D eigenvalue weighted by molar-refractivity contribution is 7.89. The van der Waals surface area contributed by atoms with E-state index in [1.165, 1.54) is 0 Å². The fourth-order valence-corrected chi connectivity index (χ4v) is 3.35. The maximum atomic E-state index is 13.7. The zero-order chi connectivity index (χ0) is 16.2. The van der Waals surface area contributed by atoms with Crippen LogP contribution < -0.4 is 0 Å². The molecular formula is C12H15F2NO5S. The number of rotatable bonds is 7. The van der Waals surface area contributed by atoms with E-state index in [0.717, 1.165) is 4.31 Å². The Labute approximate surface area is 120 Å². The molecule has 0 heterocycles. The minimum Gasteiger partial charge on any atom is -0.478 e. The second kappa shape index (κ2) is 6.92. The van der Waals surface area contributed by atoms with Crippen LogP contribution in [0.5, 0.6) is 0 Å². The maximum absolute atomic E-state index is 13.7. The summed E-state index contributed by atoms with van der Waals surface area (Å²) in [5.74, 6) is -4.78. The van der Waals surface area contributed by atoms with E-state index in [9.17, 15) is 22.0 Å². The van der Waals surface area contributed by atoms with E-state index in [1.807, 2.05) is 0 Å². The number of aliphatic hydroxyl groups excluding tert-OH is 1. The predicted molar refractivity (Wildman–Crippen MR) is 69.5 cm³/mol. The Balaban J connectivity index is 3.45. The highest BCUT2D eigenvalue weighted by Gasteiger charge is 2.29. The molecule has 6 nitrogen and oxygen atoms in total. The van der Waals surface area contributed by atoms with Gasteiger partial charge >= 0.3 is 5.97 Å². The van der Waals surface area contributed by atoms with E-state index >= 15 is 0 Å². The third kappa shape index (κ3) is 3.74. The third-order valence-electron chi connectivity index (χ3n) is 2.68. The fourth-order valence-electron chi connectivity index (χ4n) is 1.73. The van der Waals surface area contributed by atoms with Crippen molar-refractivity contribution >= 4 is 16.0 Å². The van der Waals surface area contributed by atoms with Crippen LogP contribution in [0.15, 0.2) is 17.0 Å². The molecule has 1 rings (SSSR count). The lowest BCUT2D eigenvalue weighted by atomic mass is 10.2. The number of sulfonamides is 1. The number of hydrogen-bond donors (Lipinski definition) is 2. The average Bonchev–Trinajstić information content (AvgIpc) is 2.40. The van der Waals surface area contributed by atoms with Gasteiger partial charge in [0.2, 0.25) is 10.0 Å². The van der Waals surface area contributed by atoms with Crippen molar-refractivity contribution in [3.05, 3.63) is 29.3 Å². The summed E-state index contributed by atoms with van der Waals surface area (Å²) in [5, 5.41) is 17.7. The summed E-state index contributed by atoms with van der Waals surface area (Å²) in [6, 6.07) is 0.975. The molecule has 0 spiro atoms. The van der Waals surface area contributed by atoms with Gasteiger partial charge in [0.1, 0.15) is 4.90 Å². The summed E-state index contributed by atoms with van der Waals surface area (Å²) >= 11 is 0. The number of hydrogen-bond acceptors (Lipinski definition) is 4. The molecule has 0 bridgehead atoms. The largest absolute Gasteiger partial charge is 0.478 e. The number of carbonyl (C=O) groups is 1. The first-order valence-electron chi connectivity index (χ1n) is 6.09. The Morgan fingerprint density at radius 2 is 1.90 bits per heavy atom. The number of halogens is 2. The SMILES string of the molecule is CCCN(CCO)S(=O)(=O)c1cc(C(=O)O)cc(F)c1F. The van der Waals surface area contributed by atoms with E-state index < -0.39 is 44.7 Å². The Morgan fingerprint density at radius 3 is 2.38 bits per heavy atom. The lowest BCUT2D eigenvalue weighted by Crippen LogP contribution is -2.35. The Hall–Kier alpha value is -1.58. The van der Waals surface area contributed by atoms with Crippen LogP contribution in [0.25, 0.3) is 0 Å². The molecule has 0 aliphatic carbocycles. The number of carboxylic acid groups (broad SMARTS) is 1. The predicted octanol–water partition coefficient (Wildman–Crippen LogP) is 1.06. The minimum atomic E-state index is -4.44. The van der Waals surface area contributed by atoms with Gasteiger partial charge in [-0.1, -0.05) is 6.92 Å². The van der Waals surface area contributed by atoms with Gasteiger partial charge in [0.25, 0.3) is 0 Å². The van der Waals surface area contributed by atoms with Crippen LogP contribution in [-0.2, 0) is 10.0 Å². The van der Waals surface area contributed by atoms with Crippen molar-refractivity contribution in [2.45, 2.75) is 18.2 Å². The maximum Gasteiger partial charge on any atom is 0.335 e. The molecule has 1 aromatic rings. The molecule has 118 valence electrons. The molecule has 0 aromatic heterocycles. The molecule has 1 aromatic carbocycles. The minimum absolute atomic E-state index is 0.0126. The smallest absolute Gasteiger partial charge is 0.335 e. The molecule has 0 saturated carbocycles. The quantitative estimate of drug-likeness (QED) is 0.782. The van der Waals surface area contributed by atoms with Crippen molar-refractivity contribution < 1.29 is 32.2 Å². The van der Waals surface area contributed by atoms with Gasteiger partial charge in [0.05, 0.1) is 12.2 Å². The van der Waals surface area contributed by atoms with Gasteiger partial charge in [-0.15, -0.1) is 0 Å². The summed E-state index contributed by atoms with van der Waals surface area (Å²) in [4.78, 5) is 9.77. The second-order valence-corrected chi connectivity index (χ2v) is 6.11. The van der Waals surface area contributed by atoms with Gasteiger partial charge in [-0.3, -0.25) is 0 Å². The first-order chi connectivity index (χ1) is 9.75. The fraction of sp³-hybridized carbons (Fsp3) is 0.417. The summed E-state index contributed by atoms with van der Waals surface area (Å²) < 4.78 is 52.5. The van der Waals surface area contributed by atoms with E-state index in [4.69, 9.17) is 10.2 Å². The van der Waals surface area contributed by atoms with Crippen molar-refractivity contribution in [1.82, 2.24) is 4.31 Å². The highest BCUT2D eigenvalue weighted by atomic mass is 32.2. The Bertz CT molecular complexity index is 627. The zero-order valence-corrected chi connectivity index (χ0v) is 12.0. The van der Waals surface area contributed by atoms with Crippen LogP contribution in [-0.4, -0.2) is 48.6 Å². The molecule has 21 heavy (non-hydrogen) atoms. The van der Waals surface area contributed by atoms with Crippen LogP contribution in [0.4, 0.5) is 8.78 Å². The van der Waals surface area contributed by atoms with Crippen LogP contribution >= 0.6 is 0 Å². The number of aromatic carboxylic acids is 1. The number of carboxylic acids is 1. The van der Waals surface area contributed by atoms with Crippen molar-refractivity contribution in [2.75, 3.05) is 19.7 Å². The summed E-state index contributed by atoms with van der Waals surface area (Å²) in [6.45, 7) is 0.863. The van der Waals surface area contributed by atoms with Gasteiger partial charge in [0, 0.05) is 13.1 Å². The van der Waals surface area contributed by atoms with Gasteiger partial charge in [-0.2, -0.15) is 4.31 Å². The topological polar surface area (TPSA) is 94.9 Å². The van der Waals surface area contributed by atoms with Crippen molar-refractivity contribution in [1.29, 1.82) is 0 Å². The van der Waals surface area contributed by atoms with Gasteiger partial charge in [0.15, 0.2) is 11.6 Å². The van der Waals surface area contributed by atoms with Gasteiger partial charge in [-0.05, 0) is 18.6 Å².